The summed E-state index contributed by atoms with van der Waals surface area (Å²) < 4.78 is 38.6. The average molecular weight is 269 g/mol. The maximum Gasteiger partial charge on any atom is 0.435 e. The summed E-state index contributed by atoms with van der Waals surface area (Å²) >= 11 is 0. The van der Waals surface area contributed by atoms with Gasteiger partial charge in [0.25, 0.3) is 0 Å². The Morgan fingerprint density at radius 2 is 1.79 bits per heavy atom. The fraction of sp³-hybridized carbons (Fsp3) is 0.308. The van der Waals surface area contributed by atoms with Crippen LogP contribution in [0.25, 0.3) is 5.69 Å². The fourth-order valence-electron chi connectivity index (χ4n) is 1.70. The third-order valence-electron chi connectivity index (χ3n) is 2.97. The molecule has 1 aromatic heterocycles. The minimum absolute atomic E-state index is 0.192. The van der Waals surface area contributed by atoms with Gasteiger partial charge in [-0.3, -0.25) is 0 Å². The van der Waals surface area contributed by atoms with Crippen molar-refractivity contribution in [2.45, 2.75) is 19.1 Å². The van der Waals surface area contributed by atoms with Crippen molar-refractivity contribution < 1.29 is 13.2 Å². The van der Waals surface area contributed by atoms with Crippen molar-refractivity contribution in [3.05, 3.63) is 47.8 Å². The van der Waals surface area contributed by atoms with Crippen molar-refractivity contribution in [3.8, 4) is 5.69 Å². The number of alkyl halides is 3. The number of nitrogens with one attached hydrogen (secondary N) is 1. The van der Waals surface area contributed by atoms with Gasteiger partial charge in [-0.1, -0.05) is 12.1 Å². The molecule has 0 aliphatic heterocycles. The first-order valence-electron chi connectivity index (χ1n) is 5.82. The summed E-state index contributed by atoms with van der Waals surface area (Å²) in [4.78, 5) is 0. The lowest BCUT2D eigenvalue weighted by molar-refractivity contribution is -0.141. The highest BCUT2D eigenvalue weighted by molar-refractivity contribution is 5.35. The molecule has 0 saturated carbocycles. The van der Waals surface area contributed by atoms with Crippen molar-refractivity contribution in [2.75, 3.05) is 7.05 Å². The van der Waals surface area contributed by atoms with Crippen molar-refractivity contribution in [2.24, 2.45) is 0 Å². The van der Waals surface area contributed by atoms with Crippen LogP contribution in [0.15, 0.2) is 36.5 Å². The predicted octanol–water partition coefficient (Wildman–Crippen LogP) is 3.17. The Morgan fingerprint density at radius 3 is 2.26 bits per heavy atom. The largest absolute Gasteiger partial charge is 0.435 e. The number of hydrogen-bond acceptors (Lipinski definition) is 2. The molecule has 0 aliphatic rings. The number of nitrogens with zero attached hydrogens (tertiary/aromatic N) is 2. The zero-order valence-corrected chi connectivity index (χ0v) is 10.6. The predicted molar refractivity (Wildman–Crippen MR) is 66.0 cm³/mol. The van der Waals surface area contributed by atoms with Gasteiger partial charge in [0.1, 0.15) is 0 Å². The highest BCUT2D eigenvalue weighted by atomic mass is 19.4. The highest BCUT2D eigenvalue weighted by Crippen LogP contribution is 2.28. The Kier molecular flexibility index (Phi) is 3.61. The minimum Gasteiger partial charge on any atom is -0.313 e. The molecule has 2 aromatic rings. The second-order valence-corrected chi connectivity index (χ2v) is 4.25. The zero-order valence-electron chi connectivity index (χ0n) is 10.6. The van der Waals surface area contributed by atoms with Crippen molar-refractivity contribution >= 4 is 0 Å². The normalized spacial score (nSPS) is 13.5. The van der Waals surface area contributed by atoms with Gasteiger partial charge in [-0.2, -0.15) is 18.3 Å². The quantitative estimate of drug-likeness (QED) is 0.927. The minimum atomic E-state index is -4.41. The summed E-state index contributed by atoms with van der Waals surface area (Å²) in [6.07, 6.45) is -3.11. The van der Waals surface area contributed by atoms with E-state index < -0.39 is 11.9 Å². The van der Waals surface area contributed by atoms with Gasteiger partial charge in [-0.25, -0.2) is 4.68 Å². The van der Waals surface area contributed by atoms with Gasteiger partial charge in [0.05, 0.1) is 5.69 Å². The molecule has 3 nitrogen and oxygen atoms in total. The van der Waals surface area contributed by atoms with E-state index in [1.807, 2.05) is 26.1 Å². The topological polar surface area (TPSA) is 29.9 Å². The first kappa shape index (κ1) is 13.6. The van der Waals surface area contributed by atoms with Gasteiger partial charge < -0.3 is 5.32 Å². The second-order valence-electron chi connectivity index (χ2n) is 4.25. The van der Waals surface area contributed by atoms with Crippen LogP contribution in [-0.2, 0) is 6.18 Å². The van der Waals surface area contributed by atoms with Crippen LogP contribution < -0.4 is 5.32 Å². The van der Waals surface area contributed by atoms with E-state index in [4.69, 9.17) is 0 Å². The molecule has 0 amide bonds. The number of rotatable bonds is 3. The molecular weight excluding hydrogens is 255 g/mol. The first-order chi connectivity index (χ1) is 8.91. The molecule has 102 valence electrons. The molecule has 0 fully saturated rings. The lowest BCUT2D eigenvalue weighted by Crippen LogP contribution is -2.12. The van der Waals surface area contributed by atoms with Gasteiger partial charge in [-0.15, -0.1) is 0 Å². The van der Waals surface area contributed by atoms with Crippen LogP contribution in [0, 0.1) is 0 Å². The molecule has 0 spiro atoms. The Hall–Kier alpha value is -1.82. The summed E-state index contributed by atoms with van der Waals surface area (Å²) in [7, 11) is 1.85. The van der Waals surface area contributed by atoms with Gasteiger partial charge >= 0.3 is 6.18 Å². The average Bonchev–Trinajstić information content (AvgIpc) is 2.87. The molecule has 1 atom stereocenters. The monoisotopic (exact) mass is 269 g/mol. The van der Waals surface area contributed by atoms with E-state index >= 15 is 0 Å². The molecular formula is C13H14F3N3. The number of benzene rings is 1. The van der Waals surface area contributed by atoms with Crippen molar-refractivity contribution in [1.82, 2.24) is 15.1 Å². The SMILES string of the molecule is CNC(C)c1ccc(-n2ccc(C(F)(F)F)n2)cc1. The number of hydrogen-bond donors (Lipinski definition) is 1. The number of halogens is 3. The Bertz CT molecular complexity index is 543. The number of aromatic nitrogens is 2. The van der Waals surface area contributed by atoms with Gasteiger partial charge in [0.15, 0.2) is 5.69 Å². The standard InChI is InChI=1S/C13H14F3N3/c1-9(17-2)10-3-5-11(6-4-10)19-8-7-12(18-19)13(14,15)16/h3-9,17H,1-2H3. The maximum atomic E-state index is 12.4. The molecule has 6 heteroatoms. The third kappa shape index (κ3) is 2.96. The van der Waals surface area contributed by atoms with Crippen LogP contribution in [0.2, 0.25) is 0 Å². The summed E-state index contributed by atoms with van der Waals surface area (Å²) in [6.45, 7) is 2.00. The van der Waals surface area contributed by atoms with Crippen molar-refractivity contribution in [1.29, 1.82) is 0 Å². The maximum absolute atomic E-state index is 12.4. The molecule has 0 radical (unpaired) electrons. The van der Waals surface area contributed by atoms with Crippen LogP contribution in [0.5, 0.6) is 0 Å². The molecule has 0 bridgehead atoms. The zero-order chi connectivity index (χ0) is 14.0. The summed E-state index contributed by atoms with van der Waals surface area (Å²) in [5.74, 6) is 0. The van der Waals surface area contributed by atoms with Crippen molar-refractivity contribution in [3.63, 3.8) is 0 Å². The Morgan fingerprint density at radius 1 is 1.16 bits per heavy atom. The molecule has 19 heavy (non-hydrogen) atoms. The lowest BCUT2D eigenvalue weighted by atomic mass is 10.1. The second kappa shape index (κ2) is 5.05. The summed E-state index contributed by atoms with van der Waals surface area (Å²) in [5.41, 5.74) is 0.775. The molecule has 1 heterocycles. The molecule has 0 aliphatic carbocycles. The Labute approximate surface area is 109 Å². The van der Waals surface area contributed by atoms with E-state index in [1.165, 1.54) is 10.9 Å². The van der Waals surface area contributed by atoms with Crippen LogP contribution >= 0.6 is 0 Å². The molecule has 1 aromatic carbocycles. The van der Waals surface area contributed by atoms with Crippen LogP contribution in [0.1, 0.15) is 24.2 Å². The fourth-order valence-corrected chi connectivity index (χ4v) is 1.70. The highest BCUT2D eigenvalue weighted by Gasteiger charge is 2.33. The van der Waals surface area contributed by atoms with Gasteiger partial charge in [0.2, 0.25) is 0 Å². The summed E-state index contributed by atoms with van der Waals surface area (Å²) in [6, 6.07) is 8.38. The lowest BCUT2D eigenvalue weighted by Gasteiger charge is -2.11. The van der Waals surface area contributed by atoms with E-state index in [9.17, 15) is 13.2 Å². The molecule has 1 N–H and O–H groups in total. The first-order valence-corrected chi connectivity index (χ1v) is 5.82. The van der Waals surface area contributed by atoms with E-state index in [-0.39, 0.29) is 6.04 Å². The van der Waals surface area contributed by atoms with E-state index in [0.717, 1.165) is 11.6 Å². The smallest absolute Gasteiger partial charge is 0.313 e. The van der Waals surface area contributed by atoms with Crippen LogP contribution in [-0.4, -0.2) is 16.8 Å². The van der Waals surface area contributed by atoms with E-state index in [0.29, 0.717) is 5.69 Å². The molecule has 2 rings (SSSR count). The third-order valence-corrected chi connectivity index (χ3v) is 2.97. The van der Waals surface area contributed by atoms with Gasteiger partial charge in [-0.05, 0) is 37.7 Å². The van der Waals surface area contributed by atoms with E-state index in [2.05, 4.69) is 10.4 Å². The molecule has 0 saturated heterocycles. The van der Waals surface area contributed by atoms with Gasteiger partial charge in [0, 0.05) is 12.2 Å². The summed E-state index contributed by atoms with van der Waals surface area (Å²) in [5, 5.41) is 6.62. The van der Waals surface area contributed by atoms with E-state index in [1.54, 1.807) is 12.1 Å². The van der Waals surface area contributed by atoms with Crippen LogP contribution in [0.3, 0.4) is 0 Å². The molecule has 1 unspecified atom stereocenters. The Balaban J connectivity index is 2.25. The van der Waals surface area contributed by atoms with Crippen LogP contribution in [0.4, 0.5) is 13.2 Å².